The van der Waals surface area contributed by atoms with E-state index in [2.05, 4.69) is 20.9 Å². The number of aryl methyl sites for hydroxylation is 1. The fourth-order valence-electron chi connectivity index (χ4n) is 2.56. The molecule has 30 heavy (non-hydrogen) atoms. The normalized spacial score (nSPS) is 10.7. The number of amides is 1. The van der Waals surface area contributed by atoms with Crippen LogP contribution in [0, 0.1) is 6.92 Å². The van der Waals surface area contributed by atoms with E-state index >= 15 is 0 Å². The predicted molar refractivity (Wildman–Crippen MR) is 122 cm³/mol. The zero-order valence-electron chi connectivity index (χ0n) is 16.0. The van der Waals surface area contributed by atoms with Crippen molar-refractivity contribution in [3.8, 4) is 0 Å². The fraction of sp³-hybridized carbons (Fsp3) is 0.0476. The van der Waals surface area contributed by atoms with Crippen molar-refractivity contribution in [2.75, 3.05) is 10.0 Å². The highest BCUT2D eigenvalue weighted by atomic mass is 32.2. The SMILES string of the molecule is Cc1ccc(S(=O)(=O)Nc2ccccc2C(=O)NNC(=S)Nc2ccccc2)cc1. The minimum Gasteiger partial charge on any atom is -0.331 e. The molecule has 3 aromatic rings. The second-order valence-electron chi connectivity index (χ2n) is 6.36. The maximum atomic E-state index is 12.7. The molecule has 0 atom stereocenters. The number of hydrogen-bond donors (Lipinski definition) is 4. The summed E-state index contributed by atoms with van der Waals surface area (Å²) in [6, 6.07) is 21.9. The monoisotopic (exact) mass is 440 g/mol. The molecule has 0 bridgehead atoms. The Bertz CT molecular complexity index is 1150. The van der Waals surface area contributed by atoms with E-state index in [0.29, 0.717) is 0 Å². The van der Waals surface area contributed by atoms with Crippen molar-refractivity contribution in [3.05, 3.63) is 90.0 Å². The van der Waals surface area contributed by atoms with Gasteiger partial charge in [-0.15, -0.1) is 0 Å². The summed E-state index contributed by atoms with van der Waals surface area (Å²) in [6.07, 6.45) is 0. The number of nitrogens with one attached hydrogen (secondary N) is 4. The van der Waals surface area contributed by atoms with E-state index in [0.717, 1.165) is 11.3 Å². The smallest absolute Gasteiger partial charge is 0.271 e. The van der Waals surface area contributed by atoms with Gasteiger partial charge >= 0.3 is 0 Å². The second kappa shape index (κ2) is 9.38. The molecule has 0 spiro atoms. The van der Waals surface area contributed by atoms with Gasteiger partial charge in [0.1, 0.15) is 0 Å². The summed E-state index contributed by atoms with van der Waals surface area (Å²) in [4.78, 5) is 12.7. The summed E-state index contributed by atoms with van der Waals surface area (Å²) in [6.45, 7) is 1.87. The first-order valence-corrected chi connectivity index (χ1v) is 10.9. The molecule has 0 radical (unpaired) electrons. The second-order valence-corrected chi connectivity index (χ2v) is 8.45. The van der Waals surface area contributed by atoms with Crippen LogP contribution < -0.4 is 20.9 Å². The molecule has 0 aliphatic carbocycles. The topological polar surface area (TPSA) is 99.3 Å². The third kappa shape index (κ3) is 5.56. The number of hydrazine groups is 1. The molecule has 0 aromatic heterocycles. The van der Waals surface area contributed by atoms with E-state index in [1.54, 1.807) is 24.3 Å². The van der Waals surface area contributed by atoms with Crippen molar-refractivity contribution in [1.29, 1.82) is 0 Å². The first-order valence-electron chi connectivity index (χ1n) is 8.96. The van der Waals surface area contributed by atoms with Gasteiger partial charge in [-0.05, 0) is 55.5 Å². The van der Waals surface area contributed by atoms with Crippen molar-refractivity contribution in [3.63, 3.8) is 0 Å². The lowest BCUT2D eigenvalue weighted by molar-refractivity contribution is 0.0945. The van der Waals surface area contributed by atoms with Crippen LogP contribution in [0.4, 0.5) is 11.4 Å². The molecule has 0 unspecified atom stereocenters. The van der Waals surface area contributed by atoms with Gasteiger partial charge in [0.25, 0.3) is 15.9 Å². The highest BCUT2D eigenvalue weighted by molar-refractivity contribution is 7.92. The molecule has 4 N–H and O–H groups in total. The van der Waals surface area contributed by atoms with Crippen LogP contribution in [0.3, 0.4) is 0 Å². The molecular formula is C21H20N4O3S2. The van der Waals surface area contributed by atoms with Gasteiger partial charge in [0, 0.05) is 5.69 Å². The van der Waals surface area contributed by atoms with Gasteiger partial charge in [-0.1, -0.05) is 48.0 Å². The standard InChI is InChI=1S/C21H20N4O3S2/c1-15-11-13-17(14-12-15)30(27,28)25-19-10-6-5-9-18(19)20(26)23-24-21(29)22-16-7-3-2-4-8-16/h2-14,25H,1H3,(H,23,26)(H2,22,24,29). The maximum absolute atomic E-state index is 12.7. The molecule has 7 nitrogen and oxygen atoms in total. The minimum absolute atomic E-state index is 0.106. The van der Waals surface area contributed by atoms with Crippen LogP contribution in [0.15, 0.2) is 83.8 Å². The average molecular weight is 441 g/mol. The minimum atomic E-state index is -3.85. The average Bonchev–Trinajstić information content (AvgIpc) is 2.73. The zero-order chi connectivity index (χ0) is 21.6. The Kier molecular flexibility index (Phi) is 6.65. The molecule has 0 fully saturated rings. The van der Waals surface area contributed by atoms with Crippen molar-refractivity contribution in [2.45, 2.75) is 11.8 Å². The number of anilines is 2. The van der Waals surface area contributed by atoms with Gasteiger partial charge in [-0.2, -0.15) is 0 Å². The van der Waals surface area contributed by atoms with Gasteiger partial charge < -0.3 is 5.32 Å². The summed E-state index contributed by atoms with van der Waals surface area (Å²) < 4.78 is 27.8. The lowest BCUT2D eigenvalue weighted by Gasteiger charge is -2.14. The summed E-state index contributed by atoms with van der Waals surface area (Å²) in [5.41, 5.74) is 7.06. The Morgan fingerprint density at radius 2 is 1.47 bits per heavy atom. The van der Waals surface area contributed by atoms with Gasteiger partial charge in [-0.25, -0.2) is 8.42 Å². The molecule has 0 saturated carbocycles. The summed E-state index contributed by atoms with van der Waals surface area (Å²) >= 11 is 5.15. The van der Waals surface area contributed by atoms with Gasteiger partial charge in [0.2, 0.25) is 0 Å². The van der Waals surface area contributed by atoms with Crippen LogP contribution >= 0.6 is 12.2 Å². The van der Waals surface area contributed by atoms with Gasteiger partial charge in [0.05, 0.1) is 16.1 Å². The number of thiocarbonyl (C=S) groups is 1. The fourth-order valence-corrected chi connectivity index (χ4v) is 3.80. The van der Waals surface area contributed by atoms with E-state index in [9.17, 15) is 13.2 Å². The lowest BCUT2D eigenvalue weighted by atomic mass is 10.2. The Labute approximate surface area is 180 Å². The lowest BCUT2D eigenvalue weighted by Crippen LogP contribution is -2.44. The Balaban J connectivity index is 1.69. The van der Waals surface area contributed by atoms with Crippen LogP contribution in [0.25, 0.3) is 0 Å². The van der Waals surface area contributed by atoms with Crippen LogP contribution in [0.2, 0.25) is 0 Å². The molecule has 1 amide bonds. The van der Waals surface area contributed by atoms with Crippen molar-refractivity contribution < 1.29 is 13.2 Å². The van der Waals surface area contributed by atoms with Crippen molar-refractivity contribution in [1.82, 2.24) is 10.9 Å². The first kappa shape index (κ1) is 21.3. The number of hydrogen-bond acceptors (Lipinski definition) is 4. The molecule has 0 heterocycles. The number of para-hydroxylation sites is 2. The number of carbonyl (C=O) groups is 1. The summed E-state index contributed by atoms with van der Waals surface area (Å²) in [7, 11) is -3.85. The van der Waals surface area contributed by atoms with E-state index in [1.807, 2.05) is 37.3 Å². The molecule has 3 aromatic carbocycles. The summed E-state index contributed by atoms with van der Waals surface area (Å²) in [5, 5.41) is 3.11. The van der Waals surface area contributed by atoms with E-state index in [-0.39, 0.29) is 21.3 Å². The Hall–Kier alpha value is -3.43. The van der Waals surface area contributed by atoms with Crippen LogP contribution in [0.1, 0.15) is 15.9 Å². The Morgan fingerprint density at radius 3 is 2.17 bits per heavy atom. The maximum Gasteiger partial charge on any atom is 0.271 e. The molecular weight excluding hydrogens is 420 g/mol. The van der Waals surface area contributed by atoms with Gasteiger partial charge in [-0.3, -0.25) is 20.4 Å². The predicted octanol–water partition coefficient (Wildman–Crippen LogP) is 3.43. The highest BCUT2D eigenvalue weighted by Crippen LogP contribution is 2.20. The number of rotatable bonds is 5. The van der Waals surface area contributed by atoms with E-state index in [4.69, 9.17) is 12.2 Å². The highest BCUT2D eigenvalue weighted by Gasteiger charge is 2.18. The number of sulfonamides is 1. The van der Waals surface area contributed by atoms with Crippen LogP contribution in [-0.2, 0) is 10.0 Å². The van der Waals surface area contributed by atoms with Crippen LogP contribution in [-0.4, -0.2) is 19.4 Å². The van der Waals surface area contributed by atoms with Crippen LogP contribution in [0.5, 0.6) is 0 Å². The van der Waals surface area contributed by atoms with Crippen molar-refractivity contribution in [2.24, 2.45) is 0 Å². The molecule has 154 valence electrons. The van der Waals surface area contributed by atoms with E-state index < -0.39 is 15.9 Å². The third-order valence-corrected chi connectivity index (χ3v) is 5.65. The third-order valence-electron chi connectivity index (χ3n) is 4.07. The molecule has 0 aliphatic rings. The summed E-state index contributed by atoms with van der Waals surface area (Å²) in [5.74, 6) is -0.547. The van der Waals surface area contributed by atoms with Gasteiger partial charge in [0.15, 0.2) is 5.11 Å². The zero-order valence-corrected chi connectivity index (χ0v) is 17.7. The van der Waals surface area contributed by atoms with Crippen molar-refractivity contribution >= 4 is 44.6 Å². The number of benzene rings is 3. The molecule has 0 saturated heterocycles. The molecule has 3 rings (SSSR count). The van der Waals surface area contributed by atoms with E-state index in [1.165, 1.54) is 24.3 Å². The Morgan fingerprint density at radius 1 is 0.833 bits per heavy atom. The molecule has 0 aliphatic heterocycles. The largest absolute Gasteiger partial charge is 0.331 e. The first-order chi connectivity index (χ1) is 14.3. The quantitative estimate of drug-likeness (QED) is 0.358. The number of carbonyl (C=O) groups excluding carboxylic acids is 1. The molecule has 9 heteroatoms.